The van der Waals surface area contributed by atoms with Crippen LogP contribution in [-0.2, 0) is 0 Å². The van der Waals surface area contributed by atoms with E-state index >= 15 is 0 Å². The number of nitrogens with zero attached hydrogens (tertiary/aromatic N) is 4. The van der Waals surface area contributed by atoms with Crippen LogP contribution in [0.15, 0.2) is 29.9 Å². The Hall–Kier alpha value is -1.71. The molecule has 1 atom stereocenters. The Morgan fingerprint density at radius 1 is 1.45 bits per heavy atom. The number of rotatable bonds is 4. The summed E-state index contributed by atoms with van der Waals surface area (Å²) in [5.41, 5.74) is 3.85. The van der Waals surface area contributed by atoms with E-state index in [1.165, 1.54) is 24.0 Å². The minimum absolute atomic E-state index is 0.621. The molecule has 1 aromatic rings. The van der Waals surface area contributed by atoms with E-state index in [0.29, 0.717) is 11.8 Å². The predicted molar refractivity (Wildman–Crippen MR) is 81.9 cm³/mol. The van der Waals surface area contributed by atoms with Crippen molar-refractivity contribution < 1.29 is 0 Å². The summed E-state index contributed by atoms with van der Waals surface area (Å²) in [5.74, 6) is 2.09. The second kappa shape index (κ2) is 6.16. The lowest BCUT2D eigenvalue weighted by atomic mass is 9.76. The van der Waals surface area contributed by atoms with Crippen molar-refractivity contribution in [1.82, 2.24) is 20.2 Å². The van der Waals surface area contributed by atoms with Gasteiger partial charge in [-0.3, -0.25) is 0 Å². The van der Waals surface area contributed by atoms with Crippen LogP contribution in [-0.4, -0.2) is 20.2 Å². The molecule has 0 aromatic carbocycles. The molecule has 0 saturated heterocycles. The summed E-state index contributed by atoms with van der Waals surface area (Å²) in [6.45, 7) is 12.6. The van der Waals surface area contributed by atoms with E-state index < -0.39 is 0 Å². The highest BCUT2D eigenvalue weighted by Gasteiger charge is 2.23. The van der Waals surface area contributed by atoms with Crippen molar-refractivity contribution in [3.05, 3.63) is 35.7 Å². The van der Waals surface area contributed by atoms with Gasteiger partial charge < -0.3 is 0 Å². The number of hydrogen-bond donors (Lipinski definition) is 0. The Bertz CT molecular complexity index is 549. The summed E-state index contributed by atoms with van der Waals surface area (Å²) in [6, 6.07) is 0. The zero-order valence-electron chi connectivity index (χ0n) is 12.9. The van der Waals surface area contributed by atoms with Gasteiger partial charge in [0, 0.05) is 5.70 Å². The Labute approximate surface area is 121 Å². The van der Waals surface area contributed by atoms with Gasteiger partial charge in [0.25, 0.3) is 0 Å². The van der Waals surface area contributed by atoms with E-state index in [9.17, 15) is 0 Å². The van der Waals surface area contributed by atoms with E-state index in [4.69, 9.17) is 0 Å². The molecule has 0 bridgehead atoms. The Balaban J connectivity index is 2.39. The van der Waals surface area contributed by atoms with Crippen LogP contribution in [0.5, 0.6) is 0 Å². The lowest BCUT2D eigenvalue weighted by molar-refractivity contribution is 0.392. The molecule has 1 aromatic heterocycles. The molecule has 0 N–H and O–H groups in total. The van der Waals surface area contributed by atoms with Crippen molar-refractivity contribution in [1.29, 1.82) is 0 Å². The van der Waals surface area contributed by atoms with Gasteiger partial charge in [0.1, 0.15) is 0 Å². The number of hydrogen-bond acceptors (Lipinski definition) is 3. The van der Waals surface area contributed by atoms with Crippen LogP contribution in [0.1, 0.15) is 45.9 Å². The fourth-order valence-corrected chi connectivity index (χ4v) is 3.05. The molecule has 2 rings (SSSR count). The summed E-state index contributed by atoms with van der Waals surface area (Å²) >= 11 is 0. The summed E-state index contributed by atoms with van der Waals surface area (Å²) < 4.78 is 1.78. The summed E-state index contributed by atoms with van der Waals surface area (Å²) in [4.78, 5) is 0. The molecule has 0 radical (unpaired) electrons. The molecule has 0 amide bonds. The molecule has 0 saturated carbocycles. The van der Waals surface area contributed by atoms with Crippen LogP contribution >= 0.6 is 0 Å². The Morgan fingerprint density at radius 3 is 2.75 bits per heavy atom. The lowest BCUT2D eigenvalue weighted by Crippen LogP contribution is -2.16. The second-order valence-corrected chi connectivity index (χ2v) is 5.85. The van der Waals surface area contributed by atoms with Gasteiger partial charge in [0.15, 0.2) is 5.82 Å². The molecule has 20 heavy (non-hydrogen) atoms. The third-order valence-corrected chi connectivity index (χ3v) is 4.10. The smallest absolute Gasteiger partial charge is 0.153 e. The molecule has 1 aliphatic carbocycles. The van der Waals surface area contributed by atoms with Crippen LogP contribution in [0.3, 0.4) is 0 Å². The SMILES string of the molecule is C=CC1=C(/C=C(\C)n2nnnc2C)CCCC1C(C)C. The summed E-state index contributed by atoms with van der Waals surface area (Å²) in [7, 11) is 0. The first-order valence-corrected chi connectivity index (χ1v) is 7.33. The number of aryl methyl sites for hydroxylation is 1. The fourth-order valence-electron chi connectivity index (χ4n) is 3.05. The lowest BCUT2D eigenvalue weighted by Gasteiger charge is -2.29. The van der Waals surface area contributed by atoms with E-state index in [0.717, 1.165) is 17.9 Å². The highest BCUT2D eigenvalue weighted by Crippen LogP contribution is 2.36. The van der Waals surface area contributed by atoms with Crippen molar-refractivity contribution in [3.63, 3.8) is 0 Å². The first-order valence-electron chi connectivity index (χ1n) is 7.33. The maximum atomic E-state index is 4.03. The molecule has 4 heteroatoms. The molecule has 1 aliphatic rings. The normalized spacial score (nSPS) is 20.6. The first-order chi connectivity index (χ1) is 9.54. The standard InChI is InChI=1S/C16H24N4/c1-6-15-14(8-7-9-16(15)11(2)3)10-12(4)20-13(5)17-18-19-20/h6,10-11,16H,1,7-9H2,2-5H3/b12-10+. The number of tetrazole rings is 1. The van der Waals surface area contributed by atoms with Gasteiger partial charge in [-0.15, -0.1) is 5.10 Å². The van der Waals surface area contributed by atoms with Gasteiger partial charge in [0.05, 0.1) is 0 Å². The Morgan fingerprint density at radius 2 is 2.20 bits per heavy atom. The average molecular weight is 272 g/mol. The fraction of sp³-hybridized carbons (Fsp3) is 0.562. The zero-order chi connectivity index (χ0) is 14.7. The van der Waals surface area contributed by atoms with E-state index in [1.807, 2.05) is 13.0 Å². The van der Waals surface area contributed by atoms with Crippen molar-refractivity contribution in [2.45, 2.75) is 47.0 Å². The van der Waals surface area contributed by atoms with Crippen LogP contribution in [0.4, 0.5) is 0 Å². The Kier molecular flexibility index (Phi) is 4.53. The van der Waals surface area contributed by atoms with Gasteiger partial charge >= 0.3 is 0 Å². The van der Waals surface area contributed by atoms with Gasteiger partial charge in [-0.25, -0.2) is 4.68 Å². The highest BCUT2D eigenvalue weighted by molar-refractivity contribution is 5.51. The monoisotopic (exact) mass is 272 g/mol. The maximum Gasteiger partial charge on any atom is 0.153 e. The molecule has 1 heterocycles. The topological polar surface area (TPSA) is 43.6 Å². The van der Waals surface area contributed by atoms with E-state index in [2.05, 4.69) is 49.0 Å². The maximum absolute atomic E-state index is 4.03. The largest absolute Gasteiger partial charge is 0.202 e. The zero-order valence-corrected chi connectivity index (χ0v) is 12.9. The van der Waals surface area contributed by atoms with Crippen LogP contribution in [0.25, 0.3) is 5.70 Å². The summed E-state index contributed by atoms with van der Waals surface area (Å²) in [6.07, 6.45) is 7.88. The minimum Gasteiger partial charge on any atom is -0.202 e. The molecule has 108 valence electrons. The second-order valence-electron chi connectivity index (χ2n) is 5.85. The average Bonchev–Trinajstić information content (AvgIpc) is 2.84. The van der Waals surface area contributed by atoms with Crippen LogP contribution in [0, 0.1) is 18.8 Å². The number of aromatic nitrogens is 4. The van der Waals surface area contributed by atoms with E-state index in [1.54, 1.807) is 4.68 Å². The van der Waals surface area contributed by atoms with Crippen molar-refractivity contribution >= 4 is 5.70 Å². The molecular formula is C16H24N4. The highest BCUT2D eigenvalue weighted by atomic mass is 15.5. The van der Waals surface area contributed by atoms with Crippen LogP contribution < -0.4 is 0 Å². The van der Waals surface area contributed by atoms with Gasteiger partial charge in [-0.05, 0) is 72.6 Å². The number of allylic oxidation sites excluding steroid dienone is 5. The molecule has 0 spiro atoms. The molecule has 1 unspecified atom stereocenters. The quantitative estimate of drug-likeness (QED) is 0.837. The predicted octanol–water partition coefficient (Wildman–Crippen LogP) is 3.78. The van der Waals surface area contributed by atoms with Gasteiger partial charge in [0.2, 0.25) is 0 Å². The molecule has 0 fully saturated rings. The third-order valence-electron chi connectivity index (χ3n) is 4.10. The molecule has 4 nitrogen and oxygen atoms in total. The van der Waals surface area contributed by atoms with E-state index in [-0.39, 0.29) is 0 Å². The summed E-state index contributed by atoms with van der Waals surface area (Å²) in [5, 5.41) is 11.7. The molecule has 0 aliphatic heterocycles. The van der Waals surface area contributed by atoms with Gasteiger partial charge in [-0.2, -0.15) is 0 Å². The van der Waals surface area contributed by atoms with Crippen molar-refractivity contribution in [2.75, 3.05) is 0 Å². The third kappa shape index (κ3) is 2.89. The van der Waals surface area contributed by atoms with Crippen LogP contribution in [0.2, 0.25) is 0 Å². The van der Waals surface area contributed by atoms with Crippen molar-refractivity contribution in [2.24, 2.45) is 11.8 Å². The first kappa shape index (κ1) is 14.7. The van der Waals surface area contributed by atoms with Crippen molar-refractivity contribution in [3.8, 4) is 0 Å². The molecular weight excluding hydrogens is 248 g/mol. The van der Waals surface area contributed by atoms with Gasteiger partial charge in [-0.1, -0.05) is 26.5 Å². The minimum atomic E-state index is 0.621.